The van der Waals surface area contributed by atoms with Gasteiger partial charge in [0.2, 0.25) is 0 Å². The van der Waals surface area contributed by atoms with Crippen molar-refractivity contribution >= 4 is 0 Å². The highest BCUT2D eigenvalue weighted by atomic mass is 15.0. The minimum atomic E-state index is 0.558. The topological polar surface area (TPSA) is 12.0 Å². The Morgan fingerprint density at radius 2 is 1.93 bits per heavy atom. The molecule has 0 amide bonds. The van der Waals surface area contributed by atoms with Crippen molar-refractivity contribution in [2.24, 2.45) is 0 Å². The molecule has 1 aliphatic carbocycles. The molecule has 1 aromatic rings. The summed E-state index contributed by atoms with van der Waals surface area (Å²) in [6, 6.07) is 10.3. The van der Waals surface area contributed by atoms with Crippen molar-refractivity contribution in [2.45, 2.75) is 45.2 Å². The van der Waals surface area contributed by atoms with E-state index in [0.717, 1.165) is 6.04 Å². The predicted molar refractivity (Wildman–Crippen MR) is 60.4 cm³/mol. The lowest BCUT2D eigenvalue weighted by atomic mass is 10.0. The molecule has 0 saturated heterocycles. The van der Waals surface area contributed by atoms with Gasteiger partial charge in [0.1, 0.15) is 0 Å². The van der Waals surface area contributed by atoms with Gasteiger partial charge in [-0.25, -0.2) is 0 Å². The van der Waals surface area contributed by atoms with Crippen LogP contribution >= 0.6 is 0 Å². The SMILES string of the molecule is CC[C@H](NC1CC1)c1ccc(C)cc1. The van der Waals surface area contributed by atoms with Crippen LogP contribution in [0, 0.1) is 6.92 Å². The molecular weight excluding hydrogens is 170 g/mol. The van der Waals surface area contributed by atoms with E-state index < -0.39 is 0 Å². The van der Waals surface area contributed by atoms with E-state index in [9.17, 15) is 0 Å². The maximum atomic E-state index is 3.68. The van der Waals surface area contributed by atoms with E-state index in [-0.39, 0.29) is 0 Å². The summed E-state index contributed by atoms with van der Waals surface area (Å²) in [4.78, 5) is 0. The maximum Gasteiger partial charge on any atom is 0.0320 e. The minimum Gasteiger partial charge on any atom is -0.307 e. The van der Waals surface area contributed by atoms with E-state index in [4.69, 9.17) is 0 Å². The molecule has 0 aliphatic heterocycles. The number of rotatable bonds is 4. The first-order chi connectivity index (χ1) is 6.79. The van der Waals surface area contributed by atoms with Gasteiger partial charge in [0.25, 0.3) is 0 Å². The van der Waals surface area contributed by atoms with Gasteiger partial charge in [0.15, 0.2) is 0 Å². The number of benzene rings is 1. The van der Waals surface area contributed by atoms with Crippen molar-refractivity contribution in [3.05, 3.63) is 35.4 Å². The van der Waals surface area contributed by atoms with E-state index in [2.05, 4.69) is 43.4 Å². The summed E-state index contributed by atoms with van der Waals surface area (Å²) in [5.74, 6) is 0. The van der Waals surface area contributed by atoms with Crippen LogP contribution in [-0.4, -0.2) is 6.04 Å². The Labute approximate surface area is 86.5 Å². The highest BCUT2D eigenvalue weighted by molar-refractivity contribution is 5.24. The quantitative estimate of drug-likeness (QED) is 0.767. The van der Waals surface area contributed by atoms with E-state index in [1.807, 2.05) is 0 Å². The third-order valence-electron chi connectivity index (χ3n) is 2.90. The van der Waals surface area contributed by atoms with Gasteiger partial charge in [0.05, 0.1) is 0 Å². The Kier molecular flexibility index (Phi) is 2.87. The fourth-order valence-corrected chi connectivity index (χ4v) is 1.78. The number of nitrogens with one attached hydrogen (secondary N) is 1. The minimum absolute atomic E-state index is 0.558. The molecule has 1 nitrogen and oxygen atoms in total. The average Bonchev–Trinajstić information content (AvgIpc) is 3.00. The van der Waals surface area contributed by atoms with Gasteiger partial charge in [-0.05, 0) is 31.7 Å². The highest BCUT2D eigenvalue weighted by Gasteiger charge is 2.24. The molecule has 1 fully saturated rings. The monoisotopic (exact) mass is 189 g/mol. The first-order valence-electron chi connectivity index (χ1n) is 5.62. The Morgan fingerprint density at radius 1 is 1.29 bits per heavy atom. The fraction of sp³-hybridized carbons (Fsp3) is 0.538. The van der Waals surface area contributed by atoms with Crippen LogP contribution in [0.3, 0.4) is 0 Å². The second-order valence-electron chi connectivity index (χ2n) is 4.31. The van der Waals surface area contributed by atoms with Crippen molar-refractivity contribution in [1.29, 1.82) is 0 Å². The van der Waals surface area contributed by atoms with Crippen molar-refractivity contribution in [3.63, 3.8) is 0 Å². The molecule has 1 saturated carbocycles. The lowest BCUT2D eigenvalue weighted by molar-refractivity contribution is 0.516. The van der Waals surface area contributed by atoms with E-state index in [0.29, 0.717) is 6.04 Å². The molecule has 0 bridgehead atoms. The van der Waals surface area contributed by atoms with Gasteiger partial charge in [0, 0.05) is 12.1 Å². The largest absolute Gasteiger partial charge is 0.307 e. The van der Waals surface area contributed by atoms with Crippen molar-refractivity contribution in [2.75, 3.05) is 0 Å². The second kappa shape index (κ2) is 4.14. The lowest BCUT2D eigenvalue weighted by Crippen LogP contribution is -2.22. The molecule has 0 spiro atoms. The molecule has 1 aromatic carbocycles. The molecule has 76 valence electrons. The summed E-state index contributed by atoms with van der Waals surface area (Å²) >= 11 is 0. The first-order valence-corrected chi connectivity index (χ1v) is 5.62. The molecule has 0 heterocycles. The first kappa shape index (κ1) is 9.72. The number of hydrogen-bond donors (Lipinski definition) is 1. The van der Waals surface area contributed by atoms with Crippen molar-refractivity contribution in [1.82, 2.24) is 5.32 Å². The van der Waals surface area contributed by atoms with E-state index in [1.54, 1.807) is 0 Å². The van der Waals surface area contributed by atoms with Crippen LogP contribution in [0.4, 0.5) is 0 Å². The molecular formula is C13H19N. The standard InChI is InChI=1S/C13H19N/c1-3-13(14-12-8-9-12)11-6-4-10(2)5-7-11/h4-7,12-14H,3,8-9H2,1-2H3/t13-/m0/s1. The third-order valence-corrected chi connectivity index (χ3v) is 2.90. The van der Waals surface area contributed by atoms with Crippen molar-refractivity contribution < 1.29 is 0 Å². The van der Waals surface area contributed by atoms with Gasteiger partial charge in [-0.2, -0.15) is 0 Å². The van der Waals surface area contributed by atoms with Crippen molar-refractivity contribution in [3.8, 4) is 0 Å². The van der Waals surface area contributed by atoms with Gasteiger partial charge >= 0.3 is 0 Å². The fourth-order valence-electron chi connectivity index (χ4n) is 1.78. The van der Waals surface area contributed by atoms with Gasteiger partial charge in [-0.3, -0.25) is 0 Å². The van der Waals surface area contributed by atoms with E-state index in [1.165, 1.54) is 30.4 Å². The summed E-state index contributed by atoms with van der Waals surface area (Å²) in [7, 11) is 0. The van der Waals surface area contributed by atoms with Crippen LogP contribution in [0.15, 0.2) is 24.3 Å². The molecule has 0 aromatic heterocycles. The molecule has 1 heteroatoms. The Morgan fingerprint density at radius 3 is 2.43 bits per heavy atom. The van der Waals surface area contributed by atoms with Crippen LogP contribution in [0.2, 0.25) is 0 Å². The third kappa shape index (κ3) is 2.36. The molecule has 1 atom stereocenters. The second-order valence-corrected chi connectivity index (χ2v) is 4.31. The van der Waals surface area contributed by atoms with Gasteiger partial charge < -0.3 is 5.32 Å². The Bertz CT molecular complexity index is 285. The Hall–Kier alpha value is -0.820. The summed E-state index contributed by atoms with van der Waals surface area (Å²) < 4.78 is 0. The normalized spacial score (nSPS) is 18.1. The summed E-state index contributed by atoms with van der Waals surface area (Å²) in [5, 5.41) is 3.68. The smallest absolute Gasteiger partial charge is 0.0320 e. The van der Waals surface area contributed by atoms with Gasteiger partial charge in [-0.15, -0.1) is 0 Å². The zero-order valence-electron chi connectivity index (χ0n) is 9.09. The Balaban J connectivity index is 2.05. The average molecular weight is 189 g/mol. The number of aryl methyl sites for hydroxylation is 1. The molecule has 0 unspecified atom stereocenters. The molecule has 0 radical (unpaired) electrons. The molecule has 14 heavy (non-hydrogen) atoms. The van der Waals surface area contributed by atoms with Crippen LogP contribution in [0.5, 0.6) is 0 Å². The lowest BCUT2D eigenvalue weighted by Gasteiger charge is -2.17. The predicted octanol–water partition coefficient (Wildman–Crippen LogP) is 3.20. The van der Waals surface area contributed by atoms with E-state index >= 15 is 0 Å². The van der Waals surface area contributed by atoms with Crippen LogP contribution in [0.25, 0.3) is 0 Å². The van der Waals surface area contributed by atoms with Crippen LogP contribution in [0.1, 0.15) is 43.4 Å². The van der Waals surface area contributed by atoms with Gasteiger partial charge in [-0.1, -0.05) is 36.8 Å². The van der Waals surface area contributed by atoms with Crippen LogP contribution < -0.4 is 5.32 Å². The molecule has 1 N–H and O–H groups in total. The maximum absolute atomic E-state index is 3.68. The zero-order chi connectivity index (χ0) is 9.97. The summed E-state index contributed by atoms with van der Waals surface area (Å²) in [6.07, 6.45) is 3.91. The summed E-state index contributed by atoms with van der Waals surface area (Å²) in [6.45, 7) is 4.39. The highest BCUT2D eigenvalue weighted by Crippen LogP contribution is 2.25. The summed E-state index contributed by atoms with van der Waals surface area (Å²) in [5.41, 5.74) is 2.78. The number of hydrogen-bond acceptors (Lipinski definition) is 1. The molecule has 1 aliphatic rings. The zero-order valence-corrected chi connectivity index (χ0v) is 9.09. The van der Waals surface area contributed by atoms with Crippen LogP contribution in [-0.2, 0) is 0 Å². The molecule has 2 rings (SSSR count).